The lowest BCUT2D eigenvalue weighted by Crippen LogP contribution is -2.29. The smallest absolute Gasteiger partial charge is 0.0685 e. The molecule has 2 spiro atoms. The zero-order valence-corrected chi connectivity index (χ0v) is 15.2. The van der Waals surface area contributed by atoms with E-state index in [1.165, 1.54) is 34.3 Å². The van der Waals surface area contributed by atoms with Gasteiger partial charge in [-0.25, -0.2) is 0 Å². The van der Waals surface area contributed by atoms with Crippen molar-refractivity contribution in [3.05, 3.63) is 124 Å². The highest BCUT2D eigenvalue weighted by molar-refractivity contribution is 5.97. The molecule has 128 valence electrons. The second-order valence-corrected chi connectivity index (χ2v) is 8.45. The molecule has 0 amide bonds. The van der Waals surface area contributed by atoms with Gasteiger partial charge >= 0.3 is 0 Å². The minimum atomic E-state index is -0.107. The summed E-state index contributed by atoms with van der Waals surface area (Å²) >= 11 is 0. The summed E-state index contributed by atoms with van der Waals surface area (Å²) in [7, 11) is 0. The second kappa shape index (κ2) is 4.51. The third kappa shape index (κ3) is 1.39. The summed E-state index contributed by atoms with van der Waals surface area (Å²) in [6, 6.07) is 18.4. The van der Waals surface area contributed by atoms with E-state index in [1.807, 2.05) is 0 Å². The standard InChI is InChI=1S/C27H20/c1-2-10-19-20-11-4-5-13-22(20)27(21(19)12-3-1)24-15-7-6-14-23(24)26-17-18(26)9-8-16-25(26)27/h1-2,4-16,18H,3,17H2. The fourth-order valence-electron chi connectivity index (χ4n) is 6.51. The Morgan fingerprint density at radius 1 is 0.815 bits per heavy atom. The first-order valence-electron chi connectivity index (χ1n) is 10.1. The molecule has 3 unspecified atom stereocenters. The van der Waals surface area contributed by atoms with Crippen LogP contribution in [0.15, 0.2) is 102 Å². The Morgan fingerprint density at radius 2 is 1.63 bits per heavy atom. The fraction of sp³-hybridized carbons (Fsp3) is 0.185. The van der Waals surface area contributed by atoms with Crippen molar-refractivity contribution in [2.24, 2.45) is 5.92 Å². The van der Waals surface area contributed by atoms with E-state index in [0.29, 0.717) is 5.92 Å². The maximum Gasteiger partial charge on any atom is 0.0685 e. The van der Waals surface area contributed by atoms with Crippen LogP contribution in [0.25, 0.3) is 5.57 Å². The molecule has 5 aliphatic carbocycles. The Bertz CT molecular complexity index is 1180. The maximum absolute atomic E-state index is 2.49. The third-order valence-corrected chi connectivity index (χ3v) is 7.49. The molecule has 1 saturated carbocycles. The summed E-state index contributed by atoms with van der Waals surface area (Å²) in [5.41, 5.74) is 10.6. The molecule has 1 fully saturated rings. The largest absolute Gasteiger partial charge is 0.0807 e. The number of allylic oxidation sites excluding steroid dienone is 10. The van der Waals surface area contributed by atoms with E-state index in [-0.39, 0.29) is 10.8 Å². The molecule has 0 N–H and O–H groups in total. The van der Waals surface area contributed by atoms with Crippen LogP contribution in [0.4, 0.5) is 0 Å². The molecule has 5 aliphatic rings. The highest BCUT2D eigenvalue weighted by Crippen LogP contribution is 2.76. The lowest BCUT2D eigenvalue weighted by Gasteiger charge is -2.33. The van der Waals surface area contributed by atoms with Crippen molar-refractivity contribution in [3.63, 3.8) is 0 Å². The number of hydrogen-bond donors (Lipinski definition) is 0. The van der Waals surface area contributed by atoms with Gasteiger partial charge in [-0.05, 0) is 57.7 Å². The Labute approximate surface area is 159 Å². The van der Waals surface area contributed by atoms with E-state index in [4.69, 9.17) is 0 Å². The van der Waals surface area contributed by atoms with E-state index in [0.717, 1.165) is 6.42 Å². The van der Waals surface area contributed by atoms with E-state index >= 15 is 0 Å². The molecule has 27 heavy (non-hydrogen) atoms. The van der Waals surface area contributed by atoms with Gasteiger partial charge in [0.2, 0.25) is 0 Å². The Hall–Kier alpha value is -2.86. The molecule has 7 rings (SSSR count). The van der Waals surface area contributed by atoms with E-state index in [2.05, 4.69) is 91.1 Å². The second-order valence-electron chi connectivity index (χ2n) is 8.45. The highest BCUT2D eigenvalue weighted by atomic mass is 14.7. The molecule has 3 atom stereocenters. The van der Waals surface area contributed by atoms with Crippen LogP contribution in [-0.2, 0) is 10.8 Å². The lowest BCUT2D eigenvalue weighted by molar-refractivity contribution is 0.685. The predicted octanol–water partition coefficient (Wildman–Crippen LogP) is 6.02. The van der Waals surface area contributed by atoms with Crippen LogP contribution in [-0.4, -0.2) is 0 Å². The van der Waals surface area contributed by atoms with Crippen LogP contribution in [0.3, 0.4) is 0 Å². The molecule has 0 heterocycles. The fourth-order valence-corrected chi connectivity index (χ4v) is 6.51. The normalized spacial score (nSPS) is 33.2. The summed E-state index contributed by atoms with van der Waals surface area (Å²) in [5.74, 6) is 0.669. The molecule has 0 aromatic heterocycles. The minimum absolute atomic E-state index is 0.107. The SMILES string of the molecule is C1=CCC=C2C(=C1)c1ccccc1C21C2=CC=CC3CC23c2ccccc21. The van der Waals surface area contributed by atoms with Gasteiger partial charge in [-0.15, -0.1) is 0 Å². The molecular weight excluding hydrogens is 324 g/mol. The molecular formula is C27H20. The van der Waals surface area contributed by atoms with Crippen molar-refractivity contribution in [3.8, 4) is 0 Å². The Kier molecular flexibility index (Phi) is 2.38. The average molecular weight is 344 g/mol. The van der Waals surface area contributed by atoms with Gasteiger partial charge in [0.1, 0.15) is 0 Å². The van der Waals surface area contributed by atoms with Gasteiger partial charge in [-0.2, -0.15) is 0 Å². The van der Waals surface area contributed by atoms with Crippen molar-refractivity contribution >= 4 is 5.57 Å². The summed E-state index contributed by atoms with van der Waals surface area (Å²) in [4.78, 5) is 0. The number of fused-ring (bicyclic) bond motifs is 8. The first kappa shape index (κ1) is 14.2. The van der Waals surface area contributed by atoms with Crippen LogP contribution < -0.4 is 0 Å². The van der Waals surface area contributed by atoms with Gasteiger partial charge in [0.25, 0.3) is 0 Å². The highest BCUT2D eigenvalue weighted by Gasteiger charge is 2.70. The van der Waals surface area contributed by atoms with Gasteiger partial charge in [0, 0.05) is 5.41 Å². The van der Waals surface area contributed by atoms with Crippen LogP contribution in [0.1, 0.15) is 35.1 Å². The predicted molar refractivity (Wildman–Crippen MR) is 110 cm³/mol. The van der Waals surface area contributed by atoms with Crippen LogP contribution in [0.5, 0.6) is 0 Å². The summed E-state index contributed by atoms with van der Waals surface area (Å²) < 4.78 is 0. The summed E-state index contributed by atoms with van der Waals surface area (Å²) in [6.45, 7) is 0. The van der Waals surface area contributed by atoms with Gasteiger partial charge in [0.15, 0.2) is 0 Å². The van der Waals surface area contributed by atoms with Gasteiger partial charge in [-0.1, -0.05) is 91.1 Å². The van der Waals surface area contributed by atoms with Crippen molar-refractivity contribution in [1.82, 2.24) is 0 Å². The lowest BCUT2D eigenvalue weighted by atomic mass is 9.68. The first-order chi connectivity index (χ1) is 13.4. The number of rotatable bonds is 0. The van der Waals surface area contributed by atoms with Gasteiger partial charge in [-0.3, -0.25) is 0 Å². The third-order valence-electron chi connectivity index (χ3n) is 7.49. The zero-order chi connectivity index (χ0) is 17.6. The van der Waals surface area contributed by atoms with Crippen LogP contribution in [0, 0.1) is 5.92 Å². The maximum atomic E-state index is 2.49. The molecule has 0 bridgehead atoms. The van der Waals surface area contributed by atoms with Crippen LogP contribution >= 0.6 is 0 Å². The van der Waals surface area contributed by atoms with Crippen molar-refractivity contribution in [1.29, 1.82) is 0 Å². The summed E-state index contributed by atoms with van der Waals surface area (Å²) in [6.07, 6.45) is 18.8. The quantitative estimate of drug-likeness (QED) is 0.548. The molecule has 0 heteroatoms. The Balaban J connectivity index is 1.69. The molecule has 0 aliphatic heterocycles. The van der Waals surface area contributed by atoms with E-state index in [9.17, 15) is 0 Å². The molecule has 0 saturated heterocycles. The topological polar surface area (TPSA) is 0 Å². The monoisotopic (exact) mass is 344 g/mol. The van der Waals surface area contributed by atoms with Crippen molar-refractivity contribution in [2.75, 3.05) is 0 Å². The molecule has 2 aromatic rings. The number of benzene rings is 2. The van der Waals surface area contributed by atoms with Crippen molar-refractivity contribution in [2.45, 2.75) is 23.7 Å². The zero-order valence-electron chi connectivity index (χ0n) is 15.2. The average Bonchev–Trinajstić information content (AvgIpc) is 3.41. The van der Waals surface area contributed by atoms with E-state index in [1.54, 1.807) is 11.1 Å². The van der Waals surface area contributed by atoms with Crippen LogP contribution in [0.2, 0.25) is 0 Å². The van der Waals surface area contributed by atoms with Gasteiger partial charge < -0.3 is 0 Å². The number of hydrogen-bond acceptors (Lipinski definition) is 0. The van der Waals surface area contributed by atoms with E-state index < -0.39 is 0 Å². The van der Waals surface area contributed by atoms with Crippen molar-refractivity contribution < 1.29 is 0 Å². The first-order valence-corrected chi connectivity index (χ1v) is 10.1. The minimum Gasteiger partial charge on any atom is -0.0807 e. The Morgan fingerprint density at radius 3 is 2.56 bits per heavy atom. The summed E-state index contributed by atoms with van der Waals surface area (Å²) in [5, 5.41) is 0. The van der Waals surface area contributed by atoms with Gasteiger partial charge in [0.05, 0.1) is 5.41 Å². The molecule has 2 aromatic carbocycles. The molecule has 0 nitrogen and oxygen atoms in total. The molecule has 0 radical (unpaired) electrons.